The van der Waals surface area contributed by atoms with E-state index in [0.29, 0.717) is 12.4 Å². The van der Waals surface area contributed by atoms with Gasteiger partial charge in [0.2, 0.25) is 0 Å². The maximum absolute atomic E-state index is 6.32. The van der Waals surface area contributed by atoms with Gasteiger partial charge in [0.25, 0.3) is 0 Å². The molecule has 8 nitrogen and oxygen atoms in total. The van der Waals surface area contributed by atoms with Crippen LogP contribution < -0.4 is 4.74 Å². The molecule has 2 atom stereocenters. The highest BCUT2D eigenvalue weighted by Gasteiger charge is 2.28. The molecular formula is C24H26N6O2. The zero-order valence-electron chi connectivity index (χ0n) is 18.5. The summed E-state index contributed by atoms with van der Waals surface area (Å²) in [4.78, 5) is 19.6. The molecule has 1 aliphatic heterocycles. The van der Waals surface area contributed by atoms with E-state index in [-0.39, 0.29) is 12.3 Å². The molecular weight excluding hydrogens is 404 g/mol. The van der Waals surface area contributed by atoms with Gasteiger partial charge in [-0.3, -0.25) is 4.98 Å². The van der Waals surface area contributed by atoms with E-state index in [1.165, 1.54) is 0 Å². The highest BCUT2D eigenvalue weighted by Crippen LogP contribution is 2.34. The molecule has 0 N–H and O–H groups in total. The molecule has 32 heavy (non-hydrogen) atoms. The number of hydrogen-bond acceptors (Lipinski definition) is 6. The second-order valence-electron chi connectivity index (χ2n) is 8.23. The van der Waals surface area contributed by atoms with Crippen molar-refractivity contribution in [2.75, 3.05) is 20.7 Å². The summed E-state index contributed by atoms with van der Waals surface area (Å²) in [5, 5.41) is 2.03. The molecule has 0 aliphatic carbocycles. The summed E-state index contributed by atoms with van der Waals surface area (Å²) < 4.78 is 14.5. The Morgan fingerprint density at radius 2 is 2.09 bits per heavy atom. The monoisotopic (exact) mass is 430 g/mol. The van der Waals surface area contributed by atoms with E-state index in [2.05, 4.69) is 30.6 Å². The third-order valence-corrected chi connectivity index (χ3v) is 5.70. The van der Waals surface area contributed by atoms with Crippen LogP contribution in [0.4, 0.5) is 5.82 Å². The second-order valence-corrected chi connectivity index (χ2v) is 8.23. The van der Waals surface area contributed by atoms with Gasteiger partial charge >= 0.3 is 0 Å². The summed E-state index contributed by atoms with van der Waals surface area (Å²) in [6.45, 7) is 2.55. The molecule has 0 spiro atoms. The molecule has 4 heterocycles. The third-order valence-electron chi connectivity index (χ3n) is 5.70. The van der Waals surface area contributed by atoms with Crippen LogP contribution in [-0.4, -0.2) is 57.6 Å². The average Bonchev–Trinajstić information content (AvgIpc) is 3.44. The van der Waals surface area contributed by atoms with E-state index in [4.69, 9.17) is 9.47 Å². The van der Waals surface area contributed by atoms with E-state index >= 15 is 0 Å². The Balaban J connectivity index is 1.29. The summed E-state index contributed by atoms with van der Waals surface area (Å²) in [6, 6.07) is 10.1. The lowest BCUT2D eigenvalue weighted by Crippen LogP contribution is -2.18. The lowest BCUT2D eigenvalue weighted by Gasteiger charge is -2.17. The van der Waals surface area contributed by atoms with Crippen molar-refractivity contribution in [1.29, 1.82) is 0 Å². The molecule has 0 saturated carbocycles. The summed E-state index contributed by atoms with van der Waals surface area (Å²) in [6.07, 6.45) is 8.86. The van der Waals surface area contributed by atoms with Gasteiger partial charge in [-0.2, -0.15) is 0 Å². The molecule has 4 aromatic rings. The Kier molecular flexibility index (Phi) is 5.45. The molecule has 0 amide bonds. The standard InChI is InChI=1S/C24H26N6O2/c1-16-20(8-6-17-5-4-11-25-22(16)17)31-13-18-7-9-21(32-18)30-12-10-19-23(28-15-29(2)3)26-14-27-24(19)30/h4-6,8,10-12,14-15,18,21H,7,9,13H2,1-3H3/b28-15+/t18-,21?/m0/s1. The number of aromatic nitrogens is 4. The molecule has 5 rings (SSSR count). The smallest absolute Gasteiger partial charge is 0.166 e. The van der Waals surface area contributed by atoms with Crippen molar-refractivity contribution in [3.8, 4) is 5.75 Å². The van der Waals surface area contributed by atoms with E-state index in [1.807, 2.05) is 62.6 Å². The summed E-state index contributed by atoms with van der Waals surface area (Å²) in [7, 11) is 3.86. The normalized spacial score (nSPS) is 18.7. The molecule has 0 radical (unpaired) electrons. The first-order chi connectivity index (χ1) is 15.6. The number of aliphatic imine (C=N–C) groups is 1. The number of benzene rings is 1. The predicted molar refractivity (Wildman–Crippen MR) is 124 cm³/mol. The largest absolute Gasteiger partial charge is 0.491 e. The van der Waals surface area contributed by atoms with Crippen LogP contribution in [0.2, 0.25) is 0 Å². The van der Waals surface area contributed by atoms with Crippen LogP contribution in [0.15, 0.2) is 54.0 Å². The topological polar surface area (TPSA) is 77.7 Å². The summed E-state index contributed by atoms with van der Waals surface area (Å²) in [5.41, 5.74) is 2.85. The lowest BCUT2D eigenvalue weighted by molar-refractivity contribution is -0.0156. The molecule has 1 saturated heterocycles. The van der Waals surface area contributed by atoms with Crippen LogP contribution in [0.3, 0.4) is 0 Å². The molecule has 1 unspecified atom stereocenters. The van der Waals surface area contributed by atoms with Crippen LogP contribution in [0, 0.1) is 6.92 Å². The fourth-order valence-corrected chi connectivity index (χ4v) is 4.09. The van der Waals surface area contributed by atoms with Crippen LogP contribution in [0.25, 0.3) is 21.9 Å². The van der Waals surface area contributed by atoms with Gasteiger partial charge in [-0.25, -0.2) is 15.0 Å². The van der Waals surface area contributed by atoms with Crippen LogP contribution in [-0.2, 0) is 4.74 Å². The van der Waals surface area contributed by atoms with Crippen LogP contribution in [0.5, 0.6) is 5.75 Å². The van der Waals surface area contributed by atoms with Gasteiger partial charge in [-0.05, 0) is 44.0 Å². The molecule has 0 bridgehead atoms. The summed E-state index contributed by atoms with van der Waals surface area (Å²) >= 11 is 0. The van der Waals surface area contributed by atoms with Crippen molar-refractivity contribution in [3.05, 3.63) is 54.6 Å². The zero-order chi connectivity index (χ0) is 22.1. The van der Waals surface area contributed by atoms with E-state index in [0.717, 1.165) is 46.1 Å². The van der Waals surface area contributed by atoms with Gasteiger partial charge in [0.1, 0.15) is 30.6 Å². The number of pyridine rings is 1. The first-order valence-electron chi connectivity index (χ1n) is 10.7. The number of rotatable bonds is 6. The quantitative estimate of drug-likeness (QED) is 0.336. The van der Waals surface area contributed by atoms with Gasteiger partial charge in [0.05, 0.1) is 23.3 Å². The fraction of sp³-hybridized carbons (Fsp3) is 0.333. The Hall–Kier alpha value is -3.52. The minimum absolute atomic E-state index is 0.0179. The Morgan fingerprint density at radius 1 is 1.19 bits per heavy atom. The summed E-state index contributed by atoms with van der Waals surface area (Å²) in [5.74, 6) is 1.51. The number of nitrogens with zero attached hydrogens (tertiary/aromatic N) is 6. The average molecular weight is 431 g/mol. The zero-order valence-corrected chi connectivity index (χ0v) is 18.5. The van der Waals surface area contributed by atoms with Crippen molar-refractivity contribution in [2.45, 2.75) is 32.1 Å². The first kappa shape index (κ1) is 20.4. The number of fused-ring (bicyclic) bond motifs is 2. The van der Waals surface area contributed by atoms with Crippen molar-refractivity contribution < 1.29 is 9.47 Å². The maximum Gasteiger partial charge on any atom is 0.166 e. The third kappa shape index (κ3) is 3.89. The lowest BCUT2D eigenvalue weighted by atomic mass is 10.1. The van der Waals surface area contributed by atoms with E-state index in [9.17, 15) is 0 Å². The molecule has 164 valence electrons. The Morgan fingerprint density at radius 3 is 2.97 bits per heavy atom. The predicted octanol–water partition coefficient (Wildman–Crippen LogP) is 4.27. The number of ether oxygens (including phenoxy) is 2. The number of aryl methyl sites for hydroxylation is 1. The van der Waals surface area contributed by atoms with Crippen molar-refractivity contribution >= 4 is 34.1 Å². The van der Waals surface area contributed by atoms with Gasteiger partial charge in [-0.1, -0.05) is 6.07 Å². The SMILES string of the molecule is Cc1c(OC[C@@H]2CCC(n3ccc4c(/N=C/N(C)C)ncnc43)O2)ccc2cccnc12. The minimum Gasteiger partial charge on any atom is -0.491 e. The van der Waals surface area contributed by atoms with E-state index in [1.54, 1.807) is 12.7 Å². The Bertz CT molecular complexity index is 1280. The Labute approximate surface area is 186 Å². The van der Waals surface area contributed by atoms with Gasteiger partial charge in [-0.15, -0.1) is 0 Å². The molecule has 1 aliphatic rings. The maximum atomic E-state index is 6.32. The van der Waals surface area contributed by atoms with Crippen molar-refractivity contribution in [2.24, 2.45) is 4.99 Å². The highest BCUT2D eigenvalue weighted by atomic mass is 16.6. The molecule has 3 aromatic heterocycles. The van der Waals surface area contributed by atoms with E-state index < -0.39 is 0 Å². The van der Waals surface area contributed by atoms with Gasteiger partial charge < -0.3 is 18.9 Å². The van der Waals surface area contributed by atoms with Crippen molar-refractivity contribution in [1.82, 2.24) is 24.4 Å². The van der Waals surface area contributed by atoms with Crippen molar-refractivity contribution in [3.63, 3.8) is 0 Å². The second kappa shape index (κ2) is 8.55. The van der Waals surface area contributed by atoms with Crippen LogP contribution in [0.1, 0.15) is 24.6 Å². The molecule has 1 aromatic carbocycles. The minimum atomic E-state index is -0.0824. The number of hydrogen-bond donors (Lipinski definition) is 0. The molecule has 8 heteroatoms. The van der Waals surface area contributed by atoms with Crippen LogP contribution >= 0.6 is 0 Å². The fourth-order valence-electron chi connectivity index (χ4n) is 4.09. The first-order valence-corrected chi connectivity index (χ1v) is 10.7. The van der Waals surface area contributed by atoms with Gasteiger partial charge in [0.15, 0.2) is 5.82 Å². The highest BCUT2D eigenvalue weighted by molar-refractivity contribution is 5.87. The molecule has 1 fully saturated rings. The van der Waals surface area contributed by atoms with Gasteiger partial charge in [0, 0.05) is 37.4 Å².